The van der Waals surface area contributed by atoms with Crippen LogP contribution in [0.2, 0.25) is 0 Å². The van der Waals surface area contributed by atoms with Gasteiger partial charge in [-0.1, -0.05) is 41.4 Å². The van der Waals surface area contributed by atoms with Crippen LogP contribution in [0.15, 0.2) is 24.3 Å². The molecule has 1 unspecified atom stereocenters. The fraction of sp³-hybridized carbons (Fsp3) is 0.417. The molecule has 0 aliphatic heterocycles. The molecule has 0 radical (unpaired) electrons. The van der Waals surface area contributed by atoms with Gasteiger partial charge < -0.3 is 9.47 Å². The van der Waals surface area contributed by atoms with Crippen molar-refractivity contribution in [2.45, 2.75) is 26.0 Å². The summed E-state index contributed by atoms with van der Waals surface area (Å²) in [5, 5.41) is 0. The van der Waals surface area contributed by atoms with Crippen LogP contribution in [0, 0.1) is 6.92 Å². The van der Waals surface area contributed by atoms with Crippen LogP contribution in [0.1, 0.15) is 18.1 Å². The van der Waals surface area contributed by atoms with Crippen molar-refractivity contribution in [3.8, 4) is 0 Å². The van der Waals surface area contributed by atoms with Crippen LogP contribution in [0.5, 0.6) is 0 Å². The predicted octanol–water partition coefficient (Wildman–Crippen LogP) is 2.64. The molecule has 4 heteroatoms. The van der Waals surface area contributed by atoms with Gasteiger partial charge in [0.15, 0.2) is 0 Å². The molecule has 0 saturated heterocycles. The van der Waals surface area contributed by atoms with E-state index in [4.69, 9.17) is 21.1 Å². The fourth-order valence-corrected chi connectivity index (χ4v) is 1.31. The van der Waals surface area contributed by atoms with Gasteiger partial charge in [0, 0.05) is 6.61 Å². The second-order valence-corrected chi connectivity index (χ2v) is 3.76. The van der Waals surface area contributed by atoms with E-state index < -0.39 is 11.5 Å². The molecule has 1 rings (SSSR count). The molecule has 0 aromatic heterocycles. The third kappa shape index (κ3) is 4.21. The summed E-state index contributed by atoms with van der Waals surface area (Å²) < 4.78 is 9.89. The van der Waals surface area contributed by atoms with Crippen molar-refractivity contribution in [3.63, 3.8) is 0 Å². The Morgan fingerprint density at radius 2 is 2.00 bits per heavy atom. The molecule has 0 N–H and O–H groups in total. The van der Waals surface area contributed by atoms with E-state index in [0.717, 1.165) is 5.56 Å². The summed E-state index contributed by atoms with van der Waals surface area (Å²) in [4.78, 5) is 11.3. The molecule has 1 aromatic rings. The number of rotatable bonds is 5. The summed E-state index contributed by atoms with van der Waals surface area (Å²) in [6, 6.07) is 7.74. The van der Waals surface area contributed by atoms with E-state index in [2.05, 4.69) is 0 Å². The van der Waals surface area contributed by atoms with Crippen molar-refractivity contribution in [3.05, 3.63) is 35.4 Å². The highest BCUT2D eigenvalue weighted by atomic mass is 35.5. The molecule has 0 bridgehead atoms. The first-order chi connectivity index (χ1) is 7.63. The first kappa shape index (κ1) is 13.0. The van der Waals surface area contributed by atoms with Gasteiger partial charge >= 0.3 is 5.97 Å². The van der Waals surface area contributed by atoms with E-state index in [9.17, 15) is 4.79 Å². The lowest BCUT2D eigenvalue weighted by Crippen LogP contribution is -2.20. The molecular formula is C12H15ClO3. The molecule has 0 aliphatic rings. The van der Waals surface area contributed by atoms with Crippen molar-refractivity contribution in [1.29, 1.82) is 0 Å². The quantitative estimate of drug-likeness (QED) is 0.588. The maximum Gasteiger partial charge on any atom is 0.351 e. The average Bonchev–Trinajstić information content (AvgIpc) is 2.28. The summed E-state index contributed by atoms with van der Waals surface area (Å²) in [5.74, 6) is -0.552. The lowest BCUT2D eigenvalue weighted by atomic mass is 10.2. The monoisotopic (exact) mass is 242 g/mol. The van der Waals surface area contributed by atoms with Gasteiger partial charge in [-0.15, -0.1) is 0 Å². The molecule has 3 nitrogen and oxygen atoms in total. The van der Waals surface area contributed by atoms with Gasteiger partial charge in [0.2, 0.25) is 5.56 Å². The molecule has 0 spiro atoms. The van der Waals surface area contributed by atoms with Crippen LogP contribution >= 0.6 is 11.6 Å². The summed E-state index contributed by atoms with van der Waals surface area (Å²) >= 11 is 5.63. The fourth-order valence-electron chi connectivity index (χ4n) is 1.12. The highest BCUT2D eigenvalue weighted by Gasteiger charge is 2.16. The molecule has 0 saturated carbocycles. The molecule has 0 aliphatic carbocycles. The Morgan fingerprint density at radius 1 is 1.38 bits per heavy atom. The molecule has 0 heterocycles. The van der Waals surface area contributed by atoms with Gasteiger partial charge in [0.25, 0.3) is 0 Å². The third-order valence-corrected chi connectivity index (χ3v) is 2.30. The van der Waals surface area contributed by atoms with Gasteiger partial charge in [-0.2, -0.15) is 0 Å². The molecule has 88 valence electrons. The standard InChI is InChI=1S/C12H15ClO3/c1-3-15-11(13)12(14)16-8-10-6-4-9(2)5-7-10/h4-7,11H,3,8H2,1-2H3. The van der Waals surface area contributed by atoms with Gasteiger partial charge in [-0.3, -0.25) is 0 Å². The Labute approximate surface area is 100 Å². The molecule has 1 atom stereocenters. The highest BCUT2D eigenvalue weighted by Crippen LogP contribution is 2.07. The number of hydrogen-bond donors (Lipinski definition) is 0. The van der Waals surface area contributed by atoms with E-state index in [1.54, 1.807) is 6.92 Å². The Hall–Kier alpha value is -1.06. The molecule has 16 heavy (non-hydrogen) atoms. The maximum absolute atomic E-state index is 11.3. The van der Waals surface area contributed by atoms with Crippen LogP contribution in [-0.4, -0.2) is 18.1 Å². The van der Waals surface area contributed by atoms with E-state index in [1.807, 2.05) is 31.2 Å². The number of esters is 1. The van der Waals surface area contributed by atoms with Crippen molar-refractivity contribution < 1.29 is 14.3 Å². The summed E-state index contributed by atoms with van der Waals surface area (Å²) in [5.41, 5.74) is 1.08. The van der Waals surface area contributed by atoms with E-state index in [-0.39, 0.29) is 6.61 Å². The zero-order valence-electron chi connectivity index (χ0n) is 9.40. The number of ether oxygens (including phenoxy) is 2. The second-order valence-electron chi connectivity index (χ2n) is 3.36. The van der Waals surface area contributed by atoms with Crippen molar-refractivity contribution in [2.75, 3.05) is 6.61 Å². The largest absolute Gasteiger partial charge is 0.458 e. The van der Waals surface area contributed by atoms with Crippen LogP contribution in [0.4, 0.5) is 0 Å². The first-order valence-electron chi connectivity index (χ1n) is 5.11. The summed E-state index contributed by atoms with van der Waals surface area (Å²) in [6.45, 7) is 4.37. The Morgan fingerprint density at radius 3 is 2.56 bits per heavy atom. The normalized spacial score (nSPS) is 12.2. The minimum Gasteiger partial charge on any atom is -0.458 e. The molecule has 1 aromatic carbocycles. The Bertz CT molecular complexity index is 335. The zero-order chi connectivity index (χ0) is 12.0. The SMILES string of the molecule is CCOC(Cl)C(=O)OCc1ccc(C)cc1. The predicted molar refractivity (Wildman–Crippen MR) is 62.2 cm³/mol. The Kier molecular flexibility index (Phi) is 5.29. The number of carbonyl (C=O) groups excluding carboxylic acids is 1. The number of halogens is 1. The van der Waals surface area contributed by atoms with Crippen molar-refractivity contribution >= 4 is 17.6 Å². The van der Waals surface area contributed by atoms with E-state index >= 15 is 0 Å². The summed E-state index contributed by atoms with van der Waals surface area (Å²) in [6.07, 6.45) is 0. The molecular weight excluding hydrogens is 228 g/mol. The number of alkyl halides is 1. The van der Waals surface area contributed by atoms with Crippen molar-refractivity contribution in [2.24, 2.45) is 0 Å². The first-order valence-corrected chi connectivity index (χ1v) is 5.55. The number of aryl methyl sites for hydroxylation is 1. The molecule has 0 amide bonds. The lowest BCUT2D eigenvalue weighted by Gasteiger charge is -2.09. The Balaban J connectivity index is 2.39. The average molecular weight is 243 g/mol. The van der Waals surface area contributed by atoms with E-state index in [0.29, 0.717) is 6.61 Å². The second kappa shape index (κ2) is 6.51. The van der Waals surface area contributed by atoms with Crippen molar-refractivity contribution in [1.82, 2.24) is 0 Å². The summed E-state index contributed by atoms with van der Waals surface area (Å²) in [7, 11) is 0. The van der Waals surface area contributed by atoms with Gasteiger partial charge in [0.05, 0.1) is 0 Å². The number of benzene rings is 1. The topological polar surface area (TPSA) is 35.5 Å². The zero-order valence-corrected chi connectivity index (χ0v) is 10.2. The van der Waals surface area contributed by atoms with Crippen LogP contribution in [0.3, 0.4) is 0 Å². The third-order valence-electron chi connectivity index (χ3n) is 2.00. The minimum atomic E-state index is -1.02. The maximum atomic E-state index is 11.3. The molecule has 0 fully saturated rings. The van der Waals surface area contributed by atoms with E-state index in [1.165, 1.54) is 5.56 Å². The highest BCUT2D eigenvalue weighted by molar-refractivity contribution is 6.28. The number of hydrogen-bond acceptors (Lipinski definition) is 3. The van der Waals surface area contributed by atoms with Gasteiger partial charge in [0.1, 0.15) is 6.61 Å². The number of carbonyl (C=O) groups is 1. The van der Waals surface area contributed by atoms with Gasteiger partial charge in [-0.25, -0.2) is 4.79 Å². The van der Waals surface area contributed by atoms with Gasteiger partial charge in [-0.05, 0) is 19.4 Å². The smallest absolute Gasteiger partial charge is 0.351 e. The van der Waals surface area contributed by atoms with Crippen LogP contribution in [-0.2, 0) is 20.9 Å². The minimum absolute atomic E-state index is 0.218. The lowest BCUT2D eigenvalue weighted by molar-refractivity contribution is -0.152. The van der Waals surface area contributed by atoms with Crippen LogP contribution < -0.4 is 0 Å². The van der Waals surface area contributed by atoms with Crippen LogP contribution in [0.25, 0.3) is 0 Å².